The molecule has 0 amide bonds. The Balaban J connectivity index is 2.54. The summed E-state index contributed by atoms with van der Waals surface area (Å²) < 4.78 is 23.0. The second-order valence-corrected chi connectivity index (χ2v) is 7.22. The molecule has 0 aliphatic heterocycles. The first-order chi connectivity index (χ1) is 9.82. The Bertz CT molecular complexity index is 788. The lowest BCUT2D eigenvalue weighted by Crippen LogP contribution is -1.97. The molecule has 0 aromatic heterocycles. The van der Waals surface area contributed by atoms with E-state index in [1.807, 2.05) is 18.3 Å². The summed E-state index contributed by atoms with van der Waals surface area (Å²) in [7, 11) is -1.41. The van der Waals surface area contributed by atoms with Crippen LogP contribution in [0.2, 0.25) is 0 Å². The molecule has 0 spiro atoms. The lowest BCUT2D eigenvalue weighted by Gasteiger charge is -2.11. The average Bonchev–Trinajstić information content (AvgIpc) is 2.41. The molecule has 0 saturated heterocycles. The number of benzene rings is 2. The van der Waals surface area contributed by atoms with Crippen molar-refractivity contribution in [1.29, 1.82) is 0 Å². The Labute approximate surface area is 126 Å². The van der Waals surface area contributed by atoms with Crippen LogP contribution in [0.25, 0.3) is 11.1 Å². The Morgan fingerprint density at radius 2 is 1.62 bits per heavy atom. The summed E-state index contributed by atoms with van der Waals surface area (Å²) in [5.41, 5.74) is 5.51. The first kappa shape index (κ1) is 15.4. The molecule has 0 atom stereocenters. The van der Waals surface area contributed by atoms with Crippen LogP contribution in [0.1, 0.15) is 16.7 Å². The van der Waals surface area contributed by atoms with Crippen LogP contribution in [0.15, 0.2) is 46.3 Å². The molecule has 0 N–H and O–H groups in total. The van der Waals surface area contributed by atoms with Gasteiger partial charge in [-0.05, 0) is 59.9 Å². The van der Waals surface area contributed by atoms with E-state index in [0.717, 1.165) is 22.3 Å². The van der Waals surface area contributed by atoms with Gasteiger partial charge in [-0.1, -0.05) is 18.2 Å². The van der Waals surface area contributed by atoms with E-state index in [-0.39, 0.29) is 0 Å². The maximum absolute atomic E-state index is 11.5. The maximum Gasteiger partial charge on any atom is 0.175 e. The van der Waals surface area contributed by atoms with Crippen molar-refractivity contribution in [2.75, 3.05) is 13.3 Å². The first-order valence-electron chi connectivity index (χ1n) is 6.67. The fourth-order valence-electron chi connectivity index (χ4n) is 2.34. The second kappa shape index (κ2) is 5.82. The summed E-state index contributed by atoms with van der Waals surface area (Å²) in [5, 5.41) is 0. The number of sulfone groups is 1. The van der Waals surface area contributed by atoms with E-state index in [1.165, 1.54) is 11.8 Å². The van der Waals surface area contributed by atoms with Crippen LogP contribution in [0.4, 0.5) is 0 Å². The zero-order valence-electron chi connectivity index (χ0n) is 12.7. The molecule has 2 aromatic carbocycles. The number of hydrogen-bond donors (Lipinski definition) is 0. The zero-order chi connectivity index (χ0) is 15.6. The van der Waals surface area contributed by atoms with Crippen molar-refractivity contribution >= 4 is 16.1 Å². The lowest BCUT2D eigenvalue weighted by molar-refractivity contribution is 0.602. The third kappa shape index (κ3) is 3.39. The van der Waals surface area contributed by atoms with E-state index in [0.29, 0.717) is 4.90 Å². The van der Waals surface area contributed by atoms with E-state index < -0.39 is 9.84 Å². The molecule has 110 valence electrons. The maximum atomic E-state index is 11.5. The molecule has 0 bridgehead atoms. The average molecular weight is 301 g/mol. The van der Waals surface area contributed by atoms with Crippen molar-refractivity contribution in [2.45, 2.75) is 18.7 Å². The Hall–Kier alpha value is -1.94. The highest BCUT2D eigenvalue weighted by molar-refractivity contribution is 7.90. The van der Waals surface area contributed by atoms with Gasteiger partial charge in [-0.2, -0.15) is 0 Å². The fourth-order valence-corrected chi connectivity index (χ4v) is 2.97. The minimum atomic E-state index is -3.16. The predicted molar refractivity (Wildman–Crippen MR) is 88.0 cm³/mol. The molecule has 21 heavy (non-hydrogen) atoms. The molecule has 3 nitrogen and oxygen atoms in total. The molecular weight excluding hydrogens is 282 g/mol. The number of rotatable bonds is 3. The highest BCUT2D eigenvalue weighted by Crippen LogP contribution is 2.27. The Morgan fingerprint density at radius 1 is 1.00 bits per heavy atom. The van der Waals surface area contributed by atoms with Crippen molar-refractivity contribution in [3.63, 3.8) is 0 Å². The molecule has 0 heterocycles. The van der Waals surface area contributed by atoms with Gasteiger partial charge in [-0.25, -0.2) is 8.42 Å². The van der Waals surface area contributed by atoms with Gasteiger partial charge in [-0.15, -0.1) is 0 Å². The highest BCUT2D eigenvalue weighted by atomic mass is 32.2. The summed E-state index contributed by atoms with van der Waals surface area (Å²) in [6.07, 6.45) is 3.05. The summed E-state index contributed by atoms with van der Waals surface area (Å²) in [6, 6.07) is 11.2. The normalized spacial score (nSPS) is 12.0. The van der Waals surface area contributed by atoms with Gasteiger partial charge >= 0.3 is 0 Å². The van der Waals surface area contributed by atoms with Crippen LogP contribution < -0.4 is 0 Å². The summed E-state index contributed by atoms with van der Waals surface area (Å²) in [6.45, 7) is 4.11. The molecule has 0 unspecified atom stereocenters. The molecule has 0 fully saturated rings. The molecule has 2 rings (SSSR count). The standard InChI is InChI=1S/C17H19NO2S/c1-12-9-13(2)17(10-15(12)11-18-3)14-5-7-16(8-6-14)21(4,19)20/h5-11H,1-4H3. The van der Waals surface area contributed by atoms with Gasteiger partial charge in [-0.3, -0.25) is 4.99 Å². The molecule has 2 aromatic rings. The van der Waals surface area contributed by atoms with Gasteiger partial charge < -0.3 is 0 Å². The van der Waals surface area contributed by atoms with E-state index in [9.17, 15) is 8.42 Å². The van der Waals surface area contributed by atoms with Crippen LogP contribution >= 0.6 is 0 Å². The van der Waals surface area contributed by atoms with Crippen LogP contribution in [0, 0.1) is 13.8 Å². The SMILES string of the molecule is CN=Cc1cc(-c2ccc(S(C)(=O)=O)cc2)c(C)cc1C. The fraction of sp³-hybridized carbons (Fsp3) is 0.235. The van der Waals surface area contributed by atoms with Crippen molar-refractivity contribution < 1.29 is 8.42 Å². The third-order valence-electron chi connectivity index (χ3n) is 3.47. The topological polar surface area (TPSA) is 46.5 Å². The summed E-state index contributed by atoms with van der Waals surface area (Å²) in [5.74, 6) is 0. The van der Waals surface area contributed by atoms with Crippen molar-refractivity contribution in [3.8, 4) is 11.1 Å². The second-order valence-electron chi connectivity index (χ2n) is 5.21. The summed E-state index contributed by atoms with van der Waals surface area (Å²) >= 11 is 0. The van der Waals surface area contributed by atoms with E-state index in [2.05, 4.69) is 31.0 Å². The van der Waals surface area contributed by atoms with E-state index >= 15 is 0 Å². The Morgan fingerprint density at radius 3 is 2.14 bits per heavy atom. The number of aryl methyl sites for hydroxylation is 2. The molecule has 4 heteroatoms. The van der Waals surface area contributed by atoms with Crippen LogP contribution in [-0.2, 0) is 9.84 Å². The van der Waals surface area contributed by atoms with Gasteiger partial charge in [0.25, 0.3) is 0 Å². The van der Waals surface area contributed by atoms with Gasteiger partial charge in [0.15, 0.2) is 9.84 Å². The van der Waals surface area contributed by atoms with Gasteiger partial charge in [0.05, 0.1) is 4.90 Å². The quantitative estimate of drug-likeness (QED) is 0.815. The number of nitrogens with zero attached hydrogens (tertiary/aromatic N) is 1. The van der Waals surface area contributed by atoms with Crippen LogP contribution in [-0.4, -0.2) is 27.9 Å². The van der Waals surface area contributed by atoms with Gasteiger partial charge in [0.1, 0.15) is 0 Å². The predicted octanol–water partition coefficient (Wildman–Crippen LogP) is 3.42. The lowest BCUT2D eigenvalue weighted by atomic mass is 9.95. The number of aliphatic imine (C=N–C) groups is 1. The molecule has 0 aliphatic carbocycles. The van der Waals surface area contributed by atoms with Crippen LogP contribution in [0.5, 0.6) is 0 Å². The molecule has 0 radical (unpaired) electrons. The number of hydrogen-bond acceptors (Lipinski definition) is 3. The van der Waals surface area contributed by atoms with Gasteiger partial charge in [0.2, 0.25) is 0 Å². The largest absolute Gasteiger partial charge is 0.296 e. The smallest absolute Gasteiger partial charge is 0.175 e. The van der Waals surface area contributed by atoms with Crippen molar-refractivity contribution in [3.05, 3.63) is 53.1 Å². The third-order valence-corrected chi connectivity index (χ3v) is 4.60. The minimum Gasteiger partial charge on any atom is -0.296 e. The zero-order valence-corrected chi connectivity index (χ0v) is 13.5. The molecule has 0 aliphatic rings. The molecule has 0 saturated carbocycles. The monoisotopic (exact) mass is 301 g/mol. The molecular formula is C17H19NO2S. The van der Waals surface area contributed by atoms with E-state index in [1.54, 1.807) is 19.2 Å². The van der Waals surface area contributed by atoms with Crippen LogP contribution in [0.3, 0.4) is 0 Å². The first-order valence-corrected chi connectivity index (χ1v) is 8.56. The van der Waals surface area contributed by atoms with Crippen molar-refractivity contribution in [2.24, 2.45) is 4.99 Å². The summed E-state index contributed by atoms with van der Waals surface area (Å²) in [4.78, 5) is 4.41. The highest BCUT2D eigenvalue weighted by Gasteiger charge is 2.09. The minimum absolute atomic E-state index is 0.339. The van der Waals surface area contributed by atoms with Crippen molar-refractivity contribution in [1.82, 2.24) is 0 Å². The van der Waals surface area contributed by atoms with Gasteiger partial charge in [0, 0.05) is 19.5 Å². The van der Waals surface area contributed by atoms with E-state index in [4.69, 9.17) is 0 Å². The Kier molecular flexibility index (Phi) is 4.28.